The minimum atomic E-state index is -2.73. The lowest BCUT2D eigenvalue weighted by atomic mass is 9.84. The second-order valence-corrected chi connectivity index (χ2v) is 8.55. The molecule has 0 bridgehead atoms. The highest BCUT2D eigenvalue weighted by atomic mass is 19.3. The molecular weight excluding hydrogens is 339 g/mol. The zero-order valence-electron chi connectivity index (χ0n) is 16.8. The summed E-state index contributed by atoms with van der Waals surface area (Å²) < 4.78 is 44.4. The quantitative estimate of drug-likeness (QED) is 0.669. The summed E-state index contributed by atoms with van der Waals surface area (Å²) in [7, 11) is -0.772. The predicted octanol–water partition coefficient (Wildman–Crippen LogP) is 4.38. The molecular formula is C19H30BF2NO3. The number of nitrogens with zero attached hydrogens (tertiary/aromatic N) is 1. The Labute approximate surface area is 155 Å². The monoisotopic (exact) mass is 369 g/mol. The van der Waals surface area contributed by atoms with Crippen LogP contribution in [0.3, 0.4) is 0 Å². The molecule has 0 aromatic carbocycles. The standard InChI is InChI=1S/C19H30BF2NO3/c1-12(2)10-13(3)11-24-14-8-9-15(23-16(14)17(21)22)20-25-18(4,5)19(6,7)26-20/h8-9,12-13,17H,10-11H2,1-7H3/t13-/m1/s1. The van der Waals surface area contributed by atoms with Crippen LogP contribution >= 0.6 is 0 Å². The van der Waals surface area contributed by atoms with Crippen LogP contribution in [0, 0.1) is 11.8 Å². The molecule has 0 spiro atoms. The fraction of sp³-hybridized carbons (Fsp3) is 0.737. The van der Waals surface area contributed by atoms with E-state index in [1.165, 1.54) is 6.07 Å². The van der Waals surface area contributed by atoms with Crippen LogP contribution < -0.4 is 10.3 Å². The summed E-state index contributed by atoms with van der Waals surface area (Å²) in [5, 5.41) is 0. The van der Waals surface area contributed by atoms with E-state index < -0.39 is 24.7 Å². The maximum Gasteiger partial charge on any atom is 0.514 e. The highest BCUT2D eigenvalue weighted by Crippen LogP contribution is 2.36. The van der Waals surface area contributed by atoms with E-state index >= 15 is 0 Å². The molecule has 1 fully saturated rings. The molecule has 0 aliphatic carbocycles. The molecule has 0 saturated carbocycles. The zero-order chi connectivity index (χ0) is 19.7. The maximum absolute atomic E-state index is 13.5. The van der Waals surface area contributed by atoms with E-state index in [1.54, 1.807) is 6.07 Å². The fourth-order valence-electron chi connectivity index (χ4n) is 2.96. The van der Waals surface area contributed by atoms with Crippen LogP contribution in [0.2, 0.25) is 0 Å². The van der Waals surface area contributed by atoms with Crippen molar-refractivity contribution in [3.05, 3.63) is 17.8 Å². The summed E-state index contributed by atoms with van der Waals surface area (Å²) in [6, 6.07) is 3.17. The van der Waals surface area contributed by atoms with Gasteiger partial charge in [0, 0.05) is 0 Å². The number of pyridine rings is 1. The van der Waals surface area contributed by atoms with Crippen molar-refractivity contribution in [3.8, 4) is 5.75 Å². The third kappa shape index (κ3) is 4.74. The summed E-state index contributed by atoms with van der Waals surface area (Å²) in [6.07, 6.45) is -1.75. The van der Waals surface area contributed by atoms with Gasteiger partial charge in [-0.2, -0.15) is 0 Å². The predicted molar refractivity (Wildman–Crippen MR) is 99.0 cm³/mol. The molecule has 1 aliphatic rings. The number of aromatic nitrogens is 1. The molecule has 1 aromatic heterocycles. The largest absolute Gasteiger partial charge is 0.514 e. The molecule has 7 heteroatoms. The first-order chi connectivity index (χ1) is 11.9. The maximum atomic E-state index is 13.5. The molecule has 26 heavy (non-hydrogen) atoms. The van der Waals surface area contributed by atoms with E-state index in [4.69, 9.17) is 14.0 Å². The van der Waals surface area contributed by atoms with Gasteiger partial charge < -0.3 is 14.0 Å². The van der Waals surface area contributed by atoms with Gasteiger partial charge in [-0.15, -0.1) is 0 Å². The van der Waals surface area contributed by atoms with Crippen LogP contribution in [0.4, 0.5) is 8.78 Å². The molecule has 0 amide bonds. The Morgan fingerprint density at radius 3 is 2.15 bits per heavy atom. The summed E-state index contributed by atoms with van der Waals surface area (Å²) in [4.78, 5) is 4.10. The second-order valence-electron chi connectivity index (χ2n) is 8.55. The van der Waals surface area contributed by atoms with Crippen molar-refractivity contribution in [2.45, 2.75) is 72.5 Å². The molecule has 4 nitrogen and oxygen atoms in total. The lowest BCUT2D eigenvalue weighted by molar-refractivity contribution is 0.00578. The lowest BCUT2D eigenvalue weighted by Crippen LogP contribution is -2.41. The zero-order valence-corrected chi connectivity index (χ0v) is 16.8. The first-order valence-corrected chi connectivity index (χ1v) is 9.20. The average Bonchev–Trinajstić information content (AvgIpc) is 2.72. The van der Waals surface area contributed by atoms with E-state index in [-0.39, 0.29) is 17.4 Å². The molecule has 2 rings (SSSR count). The van der Waals surface area contributed by atoms with Gasteiger partial charge in [0.05, 0.1) is 23.4 Å². The van der Waals surface area contributed by atoms with Crippen molar-refractivity contribution in [2.24, 2.45) is 11.8 Å². The van der Waals surface area contributed by atoms with Gasteiger partial charge in [-0.05, 0) is 58.1 Å². The Kier molecular flexibility index (Phi) is 6.34. The van der Waals surface area contributed by atoms with Crippen LogP contribution in [-0.2, 0) is 9.31 Å². The normalized spacial score (nSPS) is 20.0. The molecule has 0 radical (unpaired) electrons. The smallest absolute Gasteiger partial charge is 0.491 e. The number of alkyl halides is 2. The minimum absolute atomic E-state index is 0.121. The minimum Gasteiger partial charge on any atom is -0.491 e. The second kappa shape index (κ2) is 7.81. The van der Waals surface area contributed by atoms with E-state index in [0.717, 1.165) is 6.42 Å². The van der Waals surface area contributed by atoms with Gasteiger partial charge >= 0.3 is 7.12 Å². The summed E-state index contributed by atoms with van der Waals surface area (Å²) in [5.41, 5.74) is -1.13. The Bertz CT molecular complexity index is 607. The Morgan fingerprint density at radius 2 is 1.65 bits per heavy atom. The molecule has 1 atom stereocenters. The van der Waals surface area contributed by atoms with E-state index in [0.29, 0.717) is 18.1 Å². The molecule has 0 unspecified atom stereocenters. The van der Waals surface area contributed by atoms with Crippen molar-refractivity contribution in [3.63, 3.8) is 0 Å². The Balaban J connectivity index is 2.16. The van der Waals surface area contributed by atoms with Gasteiger partial charge in [-0.3, -0.25) is 4.98 Å². The fourth-order valence-corrected chi connectivity index (χ4v) is 2.96. The number of hydrogen-bond acceptors (Lipinski definition) is 4. The first-order valence-electron chi connectivity index (χ1n) is 9.20. The molecule has 146 valence electrons. The molecule has 1 aliphatic heterocycles. The third-order valence-electron chi connectivity index (χ3n) is 5.01. The Hall–Kier alpha value is -1.21. The summed E-state index contributed by atoms with van der Waals surface area (Å²) >= 11 is 0. The SMILES string of the molecule is CC(C)C[C@@H](C)COc1ccc(B2OC(C)(C)C(C)(C)O2)nc1C(F)F. The van der Waals surface area contributed by atoms with Crippen LogP contribution in [0.5, 0.6) is 5.75 Å². The highest BCUT2D eigenvalue weighted by molar-refractivity contribution is 6.61. The molecule has 0 N–H and O–H groups in total. The third-order valence-corrected chi connectivity index (χ3v) is 5.01. The molecule has 1 aromatic rings. The van der Waals surface area contributed by atoms with Gasteiger partial charge in [0.2, 0.25) is 0 Å². The van der Waals surface area contributed by atoms with E-state index in [9.17, 15) is 8.78 Å². The summed E-state index contributed by atoms with van der Waals surface area (Å²) in [5.74, 6) is 0.936. The van der Waals surface area contributed by atoms with Crippen LogP contribution in [-0.4, -0.2) is 29.9 Å². The lowest BCUT2D eigenvalue weighted by Gasteiger charge is -2.32. The topological polar surface area (TPSA) is 40.6 Å². The van der Waals surface area contributed by atoms with E-state index in [2.05, 4.69) is 18.8 Å². The van der Waals surface area contributed by atoms with Gasteiger partial charge in [-0.25, -0.2) is 8.78 Å². The Morgan fingerprint density at radius 1 is 1.08 bits per heavy atom. The number of rotatable bonds is 7. The summed E-state index contributed by atoms with van der Waals surface area (Å²) in [6.45, 7) is 14.3. The highest BCUT2D eigenvalue weighted by Gasteiger charge is 2.52. The number of halogens is 2. The van der Waals surface area contributed by atoms with Crippen LogP contribution in [0.15, 0.2) is 12.1 Å². The van der Waals surface area contributed by atoms with Crippen molar-refractivity contribution in [1.29, 1.82) is 0 Å². The van der Waals surface area contributed by atoms with Gasteiger partial charge in [0.25, 0.3) is 6.43 Å². The van der Waals surface area contributed by atoms with Gasteiger partial charge in [-0.1, -0.05) is 20.8 Å². The first kappa shape index (κ1) is 21.1. The molecule has 2 heterocycles. The van der Waals surface area contributed by atoms with Crippen LogP contribution in [0.1, 0.15) is 67.0 Å². The molecule has 1 saturated heterocycles. The number of ether oxygens (including phenoxy) is 1. The average molecular weight is 369 g/mol. The van der Waals surface area contributed by atoms with Crippen molar-refractivity contribution in [2.75, 3.05) is 6.61 Å². The van der Waals surface area contributed by atoms with Crippen molar-refractivity contribution < 1.29 is 22.8 Å². The van der Waals surface area contributed by atoms with Crippen molar-refractivity contribution in [1.82, 2.24) is 4.98 Å². The van der Waals surface area contributed by atoms with Gasteiger partial charge in [0.15, 0.2) is 0 Å². The van der Waals surface area contributed by atoms with E-state index in [1.807, 2.05) is 34.6 Å². The van der Waals surface area contributed by atoms with Gasteiger partial charge in [0.1, 0.15) is 11.4 Å². The number of hydrogen-bond donors (Lipinski definition) is 0. The van der Waals surface area contributed by atoms with Crippen LogP contribution in [0.25, 0.3) is 0 Å². The van der Waals surface area contributed by atoms with Crippen molar-refractivity contribution >= 4 is 12.7 Å².